The minimum atomic E-state index is 0. The van der Waals surface area contributed by atoms with Crippen molar-refractivity contribution in [2.75, 3.05) is 0 Å². The second-order valence-corrected chi connectivity index (χ2v) is 4.22. The van der Waals surface area contributed by atoms with Crippen molar-refractivity contribution in [2.24, 2.45) is 0 Å². The van der Waals surface area contributed by atoms with Crippen LogP contribution in [0.25, 0.3) is 11.3 Å². The Hall–Kier alpha value is -0.510. The first kappa shape index (κ1) is 12.6. The highest BCUT2D eigenvalue weighted by Crippen LogP contribution is 2.32. The zero-order valence-corrected chi connectivity index (χ0v) is 11.1. The molecule has 2 aromatic rings. The highest BCUT2D eigenvalue weighted by atomic mass is 79.9. The number of aromatic amines is 1. The number of nitrogens with one attached hydrogen (secondary N) is 1. The maximum Gasteiger partial charge on any atom is 0.112 e. The van der Waals surface area contributed by atoms with Crippen LogP contribution in [0.4, 0.5) is 0 Å². The Morgan fingerprint density at radius 2 is 2.00 bits per heavy atom. The second-order valence-electron chi connectivity index (χ2n) is 2.99. The zero-order valence-electron chi connectivity index (χ0n) is 7.92. The van der Waals surface area contributed by atoms with E-state index in [1.165, 1.54) is 0 Å². The highest BCUT2D eigenvalue weighted by Gasteiger charge is 2.11. The number of hydrogen-bond acceptors (Lipinski definition) is 1. The van der Waals surface area contributed by atoms with Gasteiger partial charge in [-0.2, -0.15) is 5.10 Å². The summed E-state index contributed by atoms with van der Waals surface area (Å²) in [6.07, 6.45) is 0. The van der Waals surface area contributed by atoms with Crippen molar-refractivity contribution in [1.82, 2.24) is 10.2 Å². The smallest absolute Gasteiger partial charge is 0.112 e. The van der Waals surface area contributed by atoms with Gasteiger partial charge in [-0.3, -0.25) is 5.10 Å². The Morgan fingerprint density at radius 3 is 2.53 bits per heavy atom. The molecule has 1 heterocycles. The number of H-pyrrole nitrogens is 1. The Labute approximate surface area is 108 Å². The summed E-state index contributed by atoms with van der Waals surface area (Å²) in [7, 11) is 0. The van der Waals surface area contributed by atoms with Crippen molar-refractivity contribution in [3.63, 3.8) is 0 Å². The van der Waals surface area contributed by atoms with Crippen LogP contribution in [0.15, 0.2) is 28.7 Å². The molecule has 0 aliphatic carbocycles. The number of aromatic nitrogens is 2. The third-order valence-electron chi connectivity index (χ3n) is 2.00. The fourth-order valence-corrected chi connectivity index (χ4v) is 1.91. The van der Waals surface area contributed by atoms with Crippen molar-refractivity contribution >= 4 is 39.9 Å². The predicted octanol–water partition coefficient (Wildman–Crippen LogP) is 4.22. The van der Waals surface area contributed by atoms with Crippen LogP contribution >= 0.6 is 39.9 Å². The van der Waals surface area contributed by atoms with Gasteiger partial charge in [0.1, 0.15) is 5.69 Å². The third kappa shape index (κ3) is 2.36. The molecule has 0 saturated carbocycles. The summed E-state index contributed by atoms with van der Waals surface area (Å²) >= 11 is 9.56. The first-order chi connectivity index (χ1) is 6.70. The lowest BCUT2D eigenvalue weighted by molar-refractivity contribution is 1.05. The predicted molar refractivity (Wildman–Crippen MR) is 68.7 cm³/mol. The van der Waals surface area contributed by atoms with Crippen molar-refractivity contribution in [3.05, 3.63) is 39.5 Å². The first-order valence-corrected chi connectivity index (χ1v) is 5.32. The van der Waals surface area contributed by atoms with Gasteiger partial charge in [0, 0.05) is 10.0 Å². The van der Waals surface area contributed by atoms with Gasteiger partial charge < -0.3 is 0 Å². The summed E-state index contributed by atoms with van der Waals surface area (Å²) in [5, 5.41) is 7.70. The van der Waals surface area contributed by atoms with Gasteiger partial charge in [-0.05, 0) is 13.0 Å². The molecule has 0 atom stereocenters. The van der Waals surface area contributed by atoms with Gasteiger partial charge in [0.2, 0.25) is 0 Å². The number of hydrogen-bond donors (Lipinski definition) is 1. The van der Waals surface area contributed by atoms with Crippen LogP contribution in [0.2, 0.25) is 5.02 Å². The van der Waals surface area contributed by atoms with Crippen LogP contribution in [-0.2, 0) is 0 Å². The van der Waals surface area contributed by atoms with Crippen molar-refractivity contribution in [1.29, 1.82) is 0 Å². The number of halogens is 3. The molecule has 0 bridgehead atoms. The van der Waals surface area contributed by atoms with Gasteiger partial charge in [-0.15, -0.1) is 12.4 Å². The van der Waals surface area contributed by atoms with E-state index in [9.17, 15) is 0 Å². The fraction of sp³-hybridized carbons (Fsp3) is 0.100. The van der Waals surface area contributed by atoms with Gasteiger partial charge >= 0.3 is 0 Å². The molecule has 0 aliphatic rings. The van der Waals surface area contributed by atoms with Gasteiger partial charge in [0.25, 0.3) is 0 Å². The third-order valence-corrected chi connectivity index (χ3v) is 3.16. The van der Waals surface area contributed by atoms with Crippen LogP contribution in [0.1, 0.15) is 5.69 Å². The van der Waals surface area contributed by atoms with E-state index in [4.69, 9.17) is 11.6 Å². The maximum atomic E-state index is 6.10. The Kier molecular flexibility index (Phi) is 4.20. The lowest BCUT2D eigenvalue weighted by Crippen LogP contribution is -1.80. The van der Waals surface area contributed by atoms with E-state index in [0.29, 0.717) is 5.02 Å². The molecular weight excluding hydrogens is 299 g/mol. The van der Waals surface area contributed by atoms with Crippen LogP contribution < -0.4 is 0 Å². The van der Waals surface area contributed by atoms with E-state index < -0.39 is 0 Å². The molecule has 0 radical (unpaired) electrons. The quantitative estimate of drug-likeness (QED) is 0.839. The summed E-state index contributed by atoms with van der Waals surface area (Å²) in [6, 6.07) is 7.86. The highest BCUT2D eigenvalue weighted by molar-refractivity contribution is 9.10. The molecule has 2 nitrogen and oxygen atoms in total. The largest absolute Gasteiger partial charge is 0.281 e. The lowest BCUT2D eigenvalue weighted by Gasteiger charge is -2.00. The van der Waals surface area contributed by atoms with Crippen LogP contribution in [0.5, 0.6) is 0 Å². The van der Waals surface area contributed by atoms with E-state index >= 15 is 0 Å². The number of nitrogens with zero attached hydrogens (tertiary/aromatic N) is 1. The molecular formula is C10H9BrCl2N2. The molecule has 5 heteroatoms. The molecule has 0 amide bonds. The van der Waals surface area contributed by atoms with Gasteiger partial charge in [-0.1, -0.05) is 45.7 Å². The van der Waals surface area contributed by atoms with Crippen LogP contribution in [-0.4, -0.2) is 10.2 Å². The molecule has 0 fully saturated rings. The van der Waals surface area contributed by atoms with E-state index in [2.05, 4.69) is 26.1 Å². The summed E-state index contributed by atoms with van der Waals surface area (Å²) < 4.78 is 0.994. The molecule has 0 unspecified atom stereocenters. The Morgan fingerprint density at radius 1 is 1.33 bits per heavy atom. The number of rotatable bonds is 1. The van der Waals surface area contributed by atoms with Crippen LogP contribution in [0, 0.1) is 6.92 Å². The molecule has 1 aromatic carbocycles. The van der Waals surface area contributed by atoms with E-state index in [-0.39, 0.29) is 12.4 Å². The van der Waals surface area contributed by atoms with Crippen LogP contribution in [0.3, 0.4) is 0 Å². The first-order valence-electron chi connectivity index (χ1n) is 4.15. The van der Waals surface area contributed by atoms with Gasteiger partial charge in [0.15, 0.2) is 0 Å². The minimum Gasteiger partial charge on any atom is -0.281 e. The molecule has 0 saturated heterocycles. The van der Waals surface area contributed by atoms with Crippen molar-refractivity contribution in [3.8, 4) is 11.3 Å². The zero-order chi connectivity index (χ0) is 10.1. The standard InChI is InChI=1S/C10H8BrClN2.ClH/c1-6-9(12)10(14-13-6)7-4-2-3-5-8(7)11;/h2-5H,1H3,(H,13,14);1H. The van der Waals surface area contributed by atoms with E-state index in [1.807, 2.05) is 31.2 Å². The van der Waals surface area contributed by atoms with Crippen molar-refractivity contribution in [2.45, 2.75) is 6.92 Å². The van der Waals surface area contributed by atoms with Gasteiger partial charge in [0.05, 0.1) is 10.7 Å². The van der Waals surface area contributed by atoms with Crippen molar-refractivity contribution < 1.29 is 0 Å². The number of aryl methyl sites for hydroxylation is 1. The molecule has 80 valence electrons. The summed E-state index contributed by atoms with van der Waals surface area (Å²) in [6.45, 7) is 1.90. The summed E-state index contributed by atoms with van der Waals surface area (Å²) in [5.74, 6) is 0. The fourth-order valence-electron chi connectivity index (χ4n) is 1.25. The monoisotopic (exact) mass is 306 g/mol. The Balaban J connectivity index is 0.00000112. The van der Waals surface area contributed by atoms with E-state index in [1.54, 1.807) is 0 Å². The second kappa shape index (κ2) is 5.01. The molecule has 1 aromatic heterocycles. The minimum absolute atomic E-state index is 0. The molecule has 0 spiro atoms. The summed E-state index contributed by atoms with van der Waals surface area (Å²) in [5.41, 5.74) is 2.68. The molecule has 1 N–H and O–H groups in total. The molecule has 0 aliphatic heterocycles. The molecule has 2 rings (SSSR count). The number of benzene rings is 1. The Bertz CT molecular complexity index is 468. The lowest BCUT2D eigenvalue weighted by atomic mass is 10.1. The summed E-state index contributed by atoms with van der Waals surface area (Å²) in [4.78, 5) is 0. The van der Waals surface area contributed by atoms with Gasteiger partial charge in [-0.25, -0.2) is 0 Å². The maximum absolute atomic E-state index is 6.10. The average Bonchev–Trinajstić information content (AvgIpc) is 2.49. The average molecular weight is 308 g/mol. The molecule has 15 heavy (non-hydrogen) atoms. The van der Waals surface area contributed by atoms with E-state index in [0.717, 1.165) is 21.4 Å². The SMILES string of the molecule is Cc1[nH]nc(-c2ccccc2Br)c1Cl.Cl. The normalized spacial score (nSPS) is 9.80. The topological polar surface area (TPSA) is 28.7 Å².